The Labute approximate surface area is 118 Å². The molecule has 0 saturated heterocycles. The number of pyridine rings is 1. The van der Waals surface area contributed by atoms with Crippen LogP contribution in [0.2, 0.25) is 0 Å². The second kappa shape index (κ2) is 7.64. The molecule has 1 unspecified atom stereocenters. The minimum absolute atomic E-state index is 0.00534. The van der Waals surface area contributed by atoms with Gasteiger partial charge in [-0.05, 0) is 12.8 Å². The molecule has 0 aromatic carbocycles. The highest BCUT2D eigenvalue weighted by atomic mass is 16.6. The van der Waals surface area contributed by atoms with Crippen LogP contribution in [0.5, 0.6) is 0 Å². The number of ether oxygens (including phenoxy) is 1. The summed E-state index contributed by atoms with van der Waals surface area (Å²) in [7, 11) is 1.68. The standard InChI is InChI=1S/C13H22N4O3/c1-5-20-8-11(9(2)3)15-13-7-10(17(18)19)6-12(14-4)16-13/h6-7,9,11H,5,8H2,1-4H3,(H2,14,15,16). The second-order valence-corrected chi connectivity index (χ2v) is 4.76. The van der Waals surface area contributed by atoms with E-state index in [0.29, 0.717) is 30.8 Å². The summed E-state index contributed by atoms with van der Waals surface area (Å²) < 4.78 is 5.42. The van der Waals surface area contributed by atoms with Crippen LogP contribution in [-0.4, -0.2) is 36.2 Å². The van der Waals surface area contributed by atoms with E-state index in [2.05, 4.69) is 29.5 Å². The van der Waals surface area contributed by atoms with Crippen LogP contribution in [0.15, 0.2) is 12.1 Å². The monoisotopic (exact) mass is 282 g/mol. The van der Waals surface area contributed by atoms with Gasteiger partial charge in [-0.2, -0.15) is 0 Å². The zero-order chi connectivity index (χ0) is 15.1. The molecule has 0 amide bonds. The minimum atomic E-state index is -0.430. The number of nitrogens with zero attached hydrogens (tertiary/aromatic N) is 2. The van der Waals surface area contributed by atoms with Crippen molar-refractivity contribution < 1.29 is 9.66 Å². The summed E-state index contributed by atoms with van der Waals surface area (Å²) in [5, 5.41) is 16.9. The van der Waals surface area contributed by atoms with E-state index in [1.807, 2.05) is 6.92 Å². The van der Waals surface area contributed by atoms with Crippen molar-refractivity contribution in [2.75, 3.05) is 30.9 Å². The number of nitrogens with one attached hydrogen (secondary N) is 2. The number of hydrogen-bond donors (Lipinski definition) is 2. The second-order valence-electron chi connectivity index (χ2n) is 4.76. The molecule has 112 valence electrons. The van der Waals surface area contributed by atoms with Crippen molar-refractivity contribution in [3.05, 3.63) is 22.2 Å². The maximum absolute atomic E-state index is 10.9. The van der Waals surface area contributed by atoms with E-state index in [4.69, 9.17) is 4.74 Å². The van der Waals surface area contributed by atoms with Gasteiger partial charge in [0.1, 0.15) is 11.6 Å². The first-order valence-corrected chi connectivity index (χ1v) is 6.66. The first-order valence-electron chi connectivity index (χ1n) is 6.66. The molecule has 2 N–H and O–H groups in total. The number of anilines is 2. The molecule has 1 rings (SSSR count). The lowest BCUT2D eigenvalue weighted by Gasteiger charge is -2.22. The minimum Gasteiger partial charge on any atom is -0.380 e. The van der Waals surface area contributed by atoms with Crippen LogP contribution in [0.3, 0.4) is 0 Å². The van der Waals surface area contributed by atoms with Gasteiger partial charge in [-0.3, -0.25) is 10.1 Å². The average Bonchev–Trinajstić information content (AvgIpc) is 2.42. The maximum atomic E-state index is 10.9. The topological polar surface area (TPSA) is 89.3 Å². The molecule has 7 heteroatoms. The SMILES string of the molecule is CCOCC(Nc1cc([N+](=O)[O-])cc(NC)n1)C(C)C. The number of nitro groups is 1. The van der Waals surface area contributed by atoms with Crippen LogP contribution in [0.4, 0.5) is 17.3 Å². The van der Waals surface area contributed by atoms with Crippen molar-refractivity contribution in [1.82, 2.24) is 4.98 Å². The van der Waals surface area contributed by atoms with Gasteiger partial charge < -0.3 is 15.4 Å². The van der Waals surface area contributed by atoms with Gasteiger partial charge in [-0.1, -0.05) is 13.8 Å². The fraction of sp³-hybridized carbons (Fsp3) is 0.615. The zero-order valence-corrected chi connectivity index (χ0v) is 12.3. The van der Waals surface area contributed by atoms with E-state index in [0.717, 1.165) is 0 Å². The van der Waals surface area contributed by atoms with Crippen molar-refractivity contribution >= 4 is 17.3 Å². The van der Waals surface area contributed by atoms with Crippen molar-refractivity contribution in [1.29, 1.82) is 0 Å². The highest BCUT2D eigenvalue weighted by molar-refractivity contribution is 5.54. The molecule has 0 spiro atoms. The molecule has 20 heavy (non-hydrogen) atoms. The Bertz CT molecular complexity index is 451. The Morgan fingerprint density at radius 3 is 2.55 bits per heavy atom. The Morgan fingerprint density at radius 1 is 1.40 bits per heavy atom. The Morgan fingerprint density at radius 2 is 2.05 bits per heavy atom. The molecule has 0 saturated carbocycles. The molecule has 1 atom stereocenters. The van der Waals surface area contributed by atoms with Gasteiger partial charge in [0, 0.05) is 13.7 Å². The highest BCUT2D eigenvalue weighted by Gasteiger charge is 2.17. The van der Waals surface area contributed by atoms with E-state index in [9.17, 15) is 10.1 Å². The van der Waals surface area contributed by atoms with Gasteiger partial charge in [-0.25, -0.2) is 4.98 Å². The van der Waals surface area contributed by atoms with Crippen molar-refractivity contribution in [2.45, 2.75) is 26.8 Å². The predicted octanol–water partition coefficient (Wildman–Crippen LogP) is 2.50. The third-order valence-corrected chi connectivity index (χ3v) is 2.92. The predicted molar refractivity (Wildman–Crippen MR) is 79.2 cm³/mol. The summed E-state index contributed by atoms with van der Waals surface area (Å²) in [4.78, 5) is 14.8. The number of aromatic nitrogens is 1. The first-order chi connectivity index (χ1) is 9.47. The lowest BCUT2D eigenvalue weighted by atomic mass is 10.1. The van der Waals surface area contributed by atoms with Crippen LogP contribution < -0.4 is 10.6 Å². The molecule has 0 fully saturated rings. The van der Waals surface area contributed by atoms with Gasteiger partial charge in [-0.15, -0.1) is 0 Å². The smallest absolute Gasteiger partial charge is 0.276 e. The van der Waals surface area contributed by atoms with Crippen molar-refractivity contribution in [3.63, 3.8) is 0 Å². The average molecular weight is 282 g/mol. The molecule has 1 aromatic rings. The van der Waals surface area contributed by atoms with Gasteiger partial charge >= 0.3 is 0 Å². The number of rotatable bonds is 8. The summed E-state index contributed by atoms with van der Waals surface area (Å²) >= 11 is 0. The fourth-order valence-electron chi connectivity index (χ4n) is 1.66. The van der Waals surface area contributed by atoms with Crippen LogP contribution in [0, 0.1) is 16.0 Å². The molecule has 0 aliphatic heterocycles. The molecule has 1 aromatic heterocycles. The van der Waals surface area contributed by atoms with Crippen LogP contribution in [0.1, 0.15) is 20.8 Å². The lowest BCUT2D eigenvalue weighted by Crippen LogP contribution is -2.31. The Balaban J connectivity index is 2.93. The van der Waals surface area contributed by atoms with Crippen LogP contribution in [-0.2, 0) is 4.74 Å². The highest BCUT2D eigenvalue weighted by Crippen LogP contribution is 2.21. The summed E-state index contributed by atoms with van der Waals surface area (Å²) in [5.74, 6) is 1.25. The zero-order valence-electron chi connectivity index (χ0n) is 12.3. The van der Waals surface area contributed by atoms with E-state index >= 15 is 0 Å². The van der Waals surface area contributed by atoms with E-state index < -0.39 is 4.92 Å². The third kappa shape index (κ3) is 4.65. The van der Waals surface area contributed by atoms with Gasteiger partial charge in [0.25, 0.3) is 5.69 Å². The first kappa shape index (κ1) is 16.2. The molecule has 0 aliphatic carbocycles. The fourth-order valence-corrected chi connectivity index (χ4v) is 1.66. The summed E-state index contributed by atoms with van der Waals surface area (Å²) in [6.07, 6.45) is 0. The Kier molecular flexibility index (Phi) is 6.17. The largest absolute Gasteiger partial charge is 0.380 e. The van der Waals surface area contributed by atoms with Gasteiger partial charge in [0.15, 0.2) is 0 Å². The lowest BCUT2D eigenvalue weighted by molar-refractivity contribution is -0.384. The Hall–Kier alpha value is -1.89. The van der Waals surface area contributed by atoms with Crippen molar-refractivity contribution in [2.24, 2.45) is 5.92 Å². The van der Waals surface area contributed by atoms with E-state index in [1.54, 1.807) is 7.05 Å². The van der Waals surface area contributed by atoms with Gasteiger partial charge in [0.05, 0.1) is 29.7 Å². The van der Waals surface area contributed by atoms with Gasteiger partial charge in [0.2, 0.25) is 0 Å². The van der Waals surface area contributed by atoms with Crippen LogP contribution >= 0.6 is 0 Å². The molecule has 1 heterocycles. The maximum Gasteiger partial charge on any atom is 0.276 e. The molecule has 0 bridgehead atoms. The quantitative estimate of drug-likeness (QED) is 0.562. The summed E-state index contributed by atoms with van der Waals surface area (Å²) in [6, 6.07) is 2.88. The van der Waals surface area contributed by atoms with E-state index in [-0.39, 0.29) is 11.7 Å². The molecular formula is C13H22N4O3. The number of hydrogen-bond acceptors (Lipinski definition) is 6. The summed E-state index contributed by atoms with van der Waals surface area (Å²) in [6.45, 7) is 7.23. The van der Waals surface area contributed by atoms with E-state index in [1.165, 1.54) is 12.1 Å². The van der Waals surface area contributed by atoms with Crippen molar-refractivity contribution in [3.8, 4) is 0 Å². The normalized spacial score (nSPS) is 12.2. The molecule has 7 nitrogen and oxygen atoms in total. The molecular weight excluding hydrogens is 260 g/mol. The summed E-state index contributed by atoms with van der Waals surface area (Å²) in [5.41, 5.74) is 0.00534. The van der Waals surface area contributed by atoms with Crippen LogP contribution in [0.25, 0.3) is 0 Å². The molecule has 0 aliphatic rings. The molecule has 0 radical (unpaired) electrons. The third-order valence-electron chi connectivity index (χ3n) is 2.92.